The van der Waals surface area contributed by atoms with Crippen LogP contribution in [0.25, 0.3) is 0 Å². The van der Waals surface area contributed by atoms with Gasteiger partial charge in [-0.1, -0.05) is 12.1 Å². The van der Waals surface area contributed by atoms with Crippen molar-refractivity contribution in [3.05, 3.63) is 47.3 Å². The summed E-state index contributed by atoms with van der Waals surface area (Å²) in [5, 5.41) is 17.5. The SMILES string of the molecule is Cc1nc(C2CCCN(CC(O)c3ccc(F)cc3)C2)n[nH]1. The summed E-state index contributed by atoms with van der Waals surface area (Å²) < 4.78 is 12.9. The van der Waals surface area contributed by atoms with Crippen LogP contribution in [-0.2, 0) is 0 Å². The number of aromatic amines is 1. The fourth-order valence-electron chi connectivity index (χ4n) is 3.01. The minimum atomic E-state index is -0.603. The van der Waals surface area contributed by atoms with Gasteiger partial charge in [0.2, 0.25) is 0 Å². The molecule has 22 heavy (non-hydrogen) atoms. The molecule has 0 bridgehead atoms. The Morgan fingerprint density at radius 3 is 2.86 bits per heavy atom. The van der Waals surface area contributed by atoms with Crippen molar-refractivity contribution in [2.24, 2.45) is 0 Å². The smallest absolute Gasteiger partial charge is 0.155 e. The molecular formula is C16H21FN4O. The molecule has 5 nitrogen and oxygen atoms in total. The van der Waals surface area contributed by atoms with E-state index in [0.29, 0.717) is 12.5 Å². The van der Waals surface area contributed by atoms with E-state index in [0.717, 1.165) is 43.1 Å². The maximum atomic E-state index is 12.9. The number of hydrogen-bond acceptors (Lipinski definition) is 4. The number of benzene rings is 1. The fourth-order valence-corrected chi connectivity index (χ4v) is 3.01. The Balaban J connectivity index is 1.61. The number of aliphatic hydroxyl groups is 1. The van der Waals surface area contributed by atoms with E-state index in [1.807, 2.05) is 6.92 Å². The Hall–Kier alpha value is -1.79. The molecule has 2 unspecified atom stereocenters. The Bertz CT molecular complexity index is 613. The molecular weight excluding hydrogens is 283 g/mol. The number of H-pyrrole nitrogens is 1. The number of aromatic nitrogens is 3. The van der Waals surface area contributed by atoms with Crippen LogP contribution in [0.4, 0.5) is 4.39 Å². The zero-order valence-electron chi connectivity index (χ0n) is 12.7. The topological polar surface area (TPSA) is 65.0 Å². The number of aryl methyl sites for hydroxylation is 1. The van der Waals surface area contributed by atoms with Crippen molar-refractivity contribution in [3.8, 4) is 0 Å². The van der Waals surface area contributed by atoms with Gasteiger partial charge >= 0.3 is 0 Å². The van der Waals surface area contributed by atoms with Crippen LogP contribution in [0.3, 0.4) is 0 Å². The third kappa shape index (κ3) is 3.51. The molecule has 0 radical (unpaired) electrons. The maximum Gasteiger partial charge on any atom is 0.155 e. The molecule has 2 atom stereocenters. The Kier molecular flexibility index (Phi) is 4.49. The van der Waals surface area contributed by atoms with Crippen LogP contribution in [0.15, 0.2) is 24.3 Å². The van der Waals surface area contributed by atoms with E-state index < -0.39 is 6.10 Å². The number of piperidine rings is 1. The Morgan fingerprint density at radius 1 is 1.41 bits per heavy atom. The highest BCUT2D eigenvalue weighted by atomic mass is 19.1. The highest BCUT2D eigenvalue weighted by Crippen LogP contribution is 2.26. The second-order valence-electron chi connectivity index (χ2n) is 5.95. The quantitative estimate of drug-likeness (QED) is 0.908. The number of nitrogens with zero attached hydrogens (tertiary/aromatic N) is 3. The van der Waals surface area contributed by atoms with E-state index >= 15 is 0 Å². The van der Waals surface area contributed by atoms with E-state index in [-0.39, 0.29) is 5.82 Å². The summed E-state index contributed by atoms with van der Waals surface area (Å²) in [7, 11) is 0. The molecule has 3 rings (SSSR count). The second kappa shape index (κ2) is 6.54. The lowest BCUT2D eigenvalue weighted by atomic mass is 9.96. The van der Waals surface area contributed by atoms with Crippen molar-refractivity contribution >= 4 is 0 Å². The van der Waals surface area contributed by atoms with E-state index in [1.165, 1.54) is 12.1 Å². The molecule has 2 aromatic rings. The van der Waals surface area contributed by atoms with Gasteiger partial charge in [-0.25, -0.2) is 9.37 Å². The number of aliphatic hydroxyl groups excluding tert-OH is 1. The summed E-state index contributed by atoms with van der Waals surface area (Å²) >= 11 is 0. The number of likely N-dealkylation sites (tertiary alicyclic amines) is 1. The van der Waals surface area contributed by atoms with Gasteiger partial charge in [0.15, 0.2) is 5.82 Å². The summed E-state index contributed by atoms with van der Waals surface area (Å²) in [5.41, 5.74) is 0.747. The van der Waals surface area contributed by atoms with Crippen LogP contribution in [-0.4, -0.2) is 44.8 Å². The number of halogens is 1. The van der Waals surface area contributed by atoms with Gasteiger partial charge in [-0.2, -0.15) is 5.10 Å². The number of hydrogen-bond donors (Lipinski definition) is 2. The van der Waals surface area contributed by atoms with Gasteiger partial charge in [0.1, 0.15) is 11.6 Å². The highest BCUT2D eigenvalue weighted by Gasteiger charge is 2.25. The monoisotopic (exact) mass is 304 g/mol. The summed E-state index contributed by atoms with van der Waals surface area (Å²) in [5.74, 6) is 1.71. The predicted molar refractivity (Wildman–Crippen MR) is 80.9 cm³/mol. The first-order valence-corrected chi connectivity index (χ1v) is 7.66. The van der Waals surface area contributed by atoms with Crippen LogP contribution in [0.5, 0.6) is 0 Å². The predicted octanol–water partition coefficient (Wildman–Crippen LogP) is 2.17. The lowest BCUT2D eigenvalue weighted by Crippen LogP contribution is -2.37. The summed E-state index contributed by atoms with van der Waals surface area (Å²) in [4.78, 5) is 6.65. The molecule has 2 heterocycles. The van der Waals surface area contributed by atoms with Gasteiger partial charge in [-0.15, -0.1) is 0 Å². The second-order valence-corrected chi connectivity index (χ2v) is 5.95. The molecule has 0 spiro atoms. The molecule has 1 fully saturated rings. The molecule has 0 amide bonds. The van der Waals surface area contributed by atoms with Crippen LogP contribution >= 0.6 is 0 Å². The molecule has 118 valence electrons. The maximum absolute atomic E-state index is 12.9. The van der Waals surface area contributed by atoms with Crippen LogP contribution in [0, 0.1) is 12.7 Å². The van der Waals surface area contributed by atoms with Crippen molar-refractivity contribution in [1.82, 2.24) is 20.1 Å². The summed E-state index contributed by atoms with van der Waals surface area (Å²) in [6, 6.07) is 6.04. The Morgan fingerprint density at radius 2 is 2.18 bits per heavy atom. The van der Waals surface area contributed by atoms with Crippen LogP contribution in [0.2, 0.25) is 0 Å². The minimum absolute atomic E-state index is 0.283. The van der Waals surface area contributed by atoms with E-state index in [2.05, 4.69) is 20.1 Å². The van der Waals surface area contributed by atoms with Crippen molar-refractivity contribution in [1.29, 1.82) is 0 Å². The van der Waals surface area contributed by atoms with Gasteiger partial charge in [-0.05, 0) is 44.0 Å². The van der Waals surface area contributed by atoms with Crippen molar-refractivity contribution < 1.29 is 9.50 Å². The molecule has 6 heteroatoms. The molecule has 0 aliphatic carbocycles. The number of nitrogens with one attached hydrogen (secondary N) is 1. The molecule has 2 N–H and O–H groups in total. The molecule has 1 aromatic carbocycles. The van der Waals surface area contributed by atoms with Gasteiger partial charge in [0, 0.05) is 19.0 Å². The lowest BCUT2D eigenvalue weighted by Gasteiger charge is -2.32. The van der Waals surface area contributed by atoms with Gasteiger partial charge in [-0.3, -0.25) is 10.00 Å². The fraction of sp³-hybridized carbons (Fsp3) is 0.500. The normalized spacial score (nSPS) is 21.0. The third-order valence-electron chi connectivity index (χ3n) is 4.17. The molecule has 0 saturated carbocycles. The van der Waals surface area contributed by atoms with Crippen LogP contribution < -0.4 is 0 Å². The van der Waals surface area contributed by atoms with E-state index in [9.17, 15) is 9.50 Å². The van der Waals surface area contributed by atoms with E-state index in [1.54, 1.807) is 12.1 Å². The highest BCUT2D eigenvalue weighted by molar-refractivity contribution is 5.18. The molecule has 1 aliphatic rings. The Labute approximate surface area is 129 Å². The average molecular weight is 304 g/mol. The van der Waals surface area contributed by atoms with Gasteiger partial charge in [0.05, 0.1) is 6.10 Å². The standard InChI is InChI=1S/C16H21FN4O/c1-11-18-16(20-19-11)13-3-2-8-21(9-13)10-15(22)12-4-6-14(17)7-5-12/h4-7,13,15,22H,2-3,8-10H2,1H3,(H,18,19,20). The zero-order chi connectivity index (χ0) is 15.5. The molecule has 1 saturated heterocycles. The third-order valence-corrected chi connectivity index (χ3v) is 4.17. The lowest BCUT2D eigenvalue weighted by molar-refractivity contribution is 0.0945. The largest absolute Gasteiger partial charge is 0.387 e. The summed E-state index contributed by atoms with van der Waals surface area (Å²) in [6.07, 6.45) is 1.53. The average Bonchev–Trinajstić information content (AvgIpc) is 2.95. The first kappa shape index (κ1) is 15.1. The zero-order valence-corrected chi connectivity index (χ0v) is 12.7. The minimum Gasteiger partial charge on any atom is -0.387 e. The van der Waals surface area contributed by atoms with Crippen LogP contribution in [0.1, 0.15) is 42.1 Å². The van der Waals surface area contributed by atoms with Crippen molar-refractivity contribution in [2.45, 2.75) is 31.8 Å². The van der Waals surface area contributed by atoms with E-state index in [4.69, 9.17) is 0 Å². The first-order chi connectivity index (χ1) is 10.6. The van der Waals surface area contributed by atoms with Gasteiger partial charge in [0.25, 0.3) is 0 Å². The number of β-amino-alcohol motifs (C(OH)–C–C–N with tert-alkyl or cyclic N) is 1. The molecule has 1 aromatic heterocycles. The first-order valence-electron chi connectivity index (χ1n) is 7.66. The van der Waals surface area contributed by atoms with Gasteiger partial charge < -0.3 is 5.11 Å². The van der Waals surface area contributed by atoms with Crippen molar-refractivity contribution in [2.75, 3.05) is 19.6 Å². The molecule has 1 aliphatic heterocycles. The summed E-state index contributed by atoms with van der Waals surface area (Å²) in [6.45, 7) is 4.24. The number of rotatable bonds is 4. The van der Waals surface area contributed by atoms with Crippen molar-refractivity contribution in [3.63, 3.8) is 0 Å².